The second kappa shape index (κ2) is 6.37. The lowest BCUT2D eigenvalue weighted by Crippen LogP contribution is -2.23. The summed E-state index contributed by atoms with van der Waals surface area (Å²) < 4.78 is 5.00. The second-order valence-corrected chi connectivity index (χ2v) is 4.00. The van der Waals surface area contributed by atoms with Crippen LogP contribution in [0.2, 0.25) is 0 Å². The predicted octanol–water partition coefficient (Wildman–Crippen LogP) is 1.53. The van der Waals surface area contributed by atoms with Crippen LogP contribution in [0.5, 0.6) is 0 Å². The van der Waals surface area contributed by atoms with Gasteiger partial charge in [-0.25, -0.2) is 9.59 Å². The zero-order chi connectivity index (χ0) is 14.4. The minimum Gasteiger partial charge on any atom is -0.476 e. The van der Waals surface area contributed by atoms with Crippen LogP contribution in [0.3, 0.4) is 0 Å². The van der Waals surface area contributed by atoms with Crippen LogP contribution >= 0.6 is 0 Å². The standard InChI is InChI=1S/C13H13N3O4/c17-12(18)11-6-10(15-16-11)7-14-13(19)20-8-9-4-2-1-3-5-9/h1-6H,7-8H2,(H,14,19)(H,15,16)(H,17,18). The maximum atomic E-state index is 11.4. The van der Waals surface area contributed by atoms with Crippen molar-refractivity contribution in [1.82, 2.24) is 15.5 Å². The molecule has 1 aromatic carbocycles. The highest BCUT2D eigenvalue weighted by Crippen LogP contribution is 2.02. The average molecular weight is 275 g/mol. The molecular weight excluding hydrogens is 262 g/mol. The molecule has 0 bridgehead atoms. The van der Waals surface area contributed by atoms with E-state index >= 15 is 0 Å². The van der Waals surface area contributed by atoms with Crippen molar-refractivity contribution in [2.45, 2.75) is 13.2 Å². The lowest BCUT2D eigenvalue weighted by molar-refractivity contribution is 0.0690. The molecule has 3 N–H and O–H groups in total. The van der Waals surface area contributed by atoms with Gasteiger partial charge in [0.15, 0.2) is 5.69 Å². The summed E-state index contributed by atoms with van der Waals surface area (Å²) in [6.07, 6.45) is -0.583. The second-order valence-electron chi connectivity index (χ2n) is 4.00. The van der Waals surface area contributed by atoms with E-state index < -0.39 is 12.1 Å². The zero-order valence-corrected chi connectivity index (χ0v) is 10.5. The summed E-state index contributed by atoms with van der Waals surface area (Å²) in [5, 5.41) is 17.3. The van der Waals surface area contributed by atoms with Crippen LogP contribution in [-0.4, -0.2) is 27.4 Å². The fourth-order valence-electron chi connectivity index (χ4n) is 1.50. The molecule has 7 heteroatoms. The number of nitrogens with one attached hydrogen (secondary N) is 2. The van der Waals surface area contributed by atoms with Gasteiger partial charge >= 0.3 is 12.1 Å². The van der Waals surface area contributed by atoms with Crippen LogP contribution in [0.1, 0.15) is 21.7 Å². The fourth-order valence-corrected chi connectivity index (χ4v) is 1.50. The van der Waals surface area contributed by atoms with Gasteiger partial charge in [0, 0.05) is 0 Å². The maximum absolute atomic E-state index is 11.4. The Morgan fingerprint density at radius 3 is 2.70 bits per heavy atom. The van der Waals surface area contributed by atoms with Gasteiger partial charge in [-0.1, -0.05) is 30.3 Å². The predicted molar refractivity (Wildman–Crippen MR) is 69.0 cm³/mol. The van der Waals surface area contributed by atoms with Crippen LogP contribution < -0.4 is 5.32 Å². The smallest absolute Gasteiger partial charge is 0.407 e. The number of hydrogen-bond donors (Lipinski definition) is 3. The SMILES string of the molecule is O=C(NCc1cc(C(=O)O)n[nH]1)OCc1ccccc1. The number of aromatic amines is 1. The lowest BCUT2D eigenvalue weighted by Gasteiger charge is -2.05. The summed E-state index contributed by atoms with van der Waals surface area (Å²) in [5.74, 6) is -1.13. The molecule has 20 heavy (non-hydrogen) atoms. The number of rotatable bonds is 5. The molecule has 0 saturated carbocycles. The summed E-state index contributed by atoms with van der Waals surface area (Å²) in [6.45, 7) is 0.296. The molecule has 0 aliphatic rings. The molecule has 104 valence electrons. The molecule has 0 aliphatic heterocycles. The first kappa shape index (κ1) is 13.6. The number of carboxylic acid groups (broad SMARTS) is 1. The number of amides is 1. The summed E-state index contributed by atoms with van der Waals surface area (Å²) in [7, 11) is 0. The third kappa shape index (κ3) is 3.84. The van der Waals surface area contributed by atoms with Gasteiger partial charge in [-0.05, 0) is 11.6 Å². The van der Waals surface area contributed by atoms with Gasteiger partial charge in [0.05, 0.1) is 12.2 Å². The Hall–Kier alpha value is -2.83. The molecule has 0 aliphatic carbocycles. The van der Waals surface area contributed by atoms with E-state index in [1.807, 2.05) is 30.3 Å². The van der Waals surface area contributed by atoms with E-state index in [9.17, 15) is 9.59 Å². The highest BCUT2D eigenvalue weighted by Gasteiger charge is 2.09. The highest BCUT2D eigenvalue weighted by molar-refractivity contribution is 5.85. The molecule has 1 aromatic heterocycles. The van der Waals surface area contributed by atoms with E-state index in [0.717, 1.165) is 5.56 Å². The first-order chi connectivity index (χ1) is 9.65. The normalized spacial score (nSPS) is 10.0. The van der Waals surface area contributed by atoms with E-state index in [-0.39, 0.29) is 18.8 Å². The number of hydrogen-bond acceptors (Lipinski definition) is 4. The number of carboxylic acids is 1. The third-order valence-corrected chi connectivity index (χ3v) is 2.49. The summed E-state index contributed by atoms with van der Waals surface area (Å²) >= 11 is 0. The first-order valence-corrected chi connectivity index (χ1v) is 5.87. The molecule has 1 heterocycles. The van der Waals surface area contributed by atoms with Crippen molar-refractivity contribution in [3.63, 3.8) is 0 Å². The Labute approximate surface area is 114 Å². The lowest BCUT2D eigenvalue weighted by atomic mass is 10.2. The van der Waals surface area contributed by atoms with Crippen LogP contribution in [-0.2, 0) is 17.9 Å². The minimum absolute atomic E-state index is 0.0977. The van der Waals surface area contributed by atoms with Crippen LogP contribution in [0.25, 0.3) is 0 Å². The Morgan fingerprint density at radius 2 is 2.05 bits per heavy atom. The van der Waals surface area contributed by atoms with E-state index in [0.29, 0.717) is 5.69 Å². The van der Waals surface area contributed by atoms with Crippen molar-refractivity contribution in [3.05, 3.63) is 53.3 Å². The number of carbonyl (C=O) groups excluding carboxylic acids is 1. The van der Waals surface area contributed by atoms with Crippen LogP contribution in [0.4, 0.5) is 4.79 Å². The summed E-state index contributed by atoms with van der Waals surface area (Å²) in [4.78, 5) is 22.1. The van der Waals surface area contributed by atoms with Crippen molar-refractivity contribution < 1.29 is 19.4 Å². The molecule has 0 spiro atoms. The zero-order valence-electron chi connectivity index (χ0n) is 10.5. The maximum Gasteiger partial charge on any atom is 0.407 e. The van der Waals surface area contributed by atoms with Gasteiger partial charge in [-0.2, -0.15) is 5.10 Å². The molecule has 0 saturated heterocycles. The number of ether oxygens (including phenoxy) is 1. The fraction of sp³-hybridized carbons (Fsp3) is 0.154. The van der Waals surface area contributed by atoms with Crippen molar-refractivity contribution in [3.8, 4) is 0 Å². The molecule has 0 atom stereocenters. The number of aromatic nitrogens is 2. The van der Waals surface area contributed by atoms with Crippen molar-refractivity contribution in [2.75, 3.05) is 0 Å². The average Bonchev–Trinajstić information content (AvgIpc) is 2.93. The Balaban J connectivity index is 1.76. The number of H-pyrrole nitrogens is 1. The number of nitrogens with zero attached hydrogens (tertiary/aromatic N) is 1. The Kier molecular flexibility index (Phi) is 4.33. The molecule has 0 unspecified atom stereocenters. The van der Waals surface area contributed by atoms with E-state index in [1.54, 1.807) is 0 Å². The van der Waals surface area contributed by atoms with E-state index in [1.165, 1.54) is 6.07 Å². The molecule has 0 fully saturated rings. The van der Waals surface area contributed by atoms with Gasteiger partial charge in [-0.15, -0.1) is 0 Å². The summed E-state index contributed by atoms with van der Waals surface area (Å²) in [5.41, 5.74) is 1.27. The van der Waals surface area contributed by atoms with Crippen LogP contribution in [0.15, 0.2) is 36.4 Å². The summed E-state index contributed by atoms with van der Waals surface area (Å²) in [6, 6.07) is 10.6. The molecule has 0 radical (unpaired) electrons. The molecular formula is C13H13N3O4. The number of carbonyl (C=O) groups is 2. The van der Waals surface area contributed by atoms with E-state index in [2.05, 4.69) is 15.5 Å². The van der Waals surface area contributed by atoms with Gasteiger partial charge in [-0.3, -0.25) is 5.10 Å². The molecule has 1 amide bonds. The van der Waals surface area contributed by atoms with Crippen LogP contribution in [0, 0.1) is 0 Å². The number of benzene rings is 1. The van der Waals surface area contributed by atoms with E-state index in [4.69, 9.17) is 9.84 Å². The van der Waals surface area contributed by atoms with Crippen molar-refractivity contribution in [1.29, 1.82) is 0 Å². The Morgan fingerprint density at radius 1 is 1.30 bits per heavy atom. The molecule has 7 nitrogen and oxygen atoms in total. The minimum atomic E-state index is -1.13. The molecule has 2 aromatic rings. The monoisotopic (exact) mass is 275 g/mol. The number of aromatic carboxylic acids is 1. The third-order valence-electron chi connectivity index (χ3n) is 2.49. The Bertz CT molecular complexity index is 595. The quantitative estimate of drug-likeness (QED) is 0.767. The molecule has 2 rings (SSSR count). The van der Waals surface area contributed by atoms with Gasteiger partial charge in [0.25, 0.3) is 0 Å². The van der Waals surface area contributed by atoms with Gasteiger partial charge in [0.2, 0.25) is 0 Å². The van der Waals surface area contributed by atoms with Crippen molar-refractivity contribution in [2.24, 2.45) is 0 Å². The van der Waals surface area contributed by atoms with Gasteiger partial charge < -0.3 is 15.2 Å². The van der Waals surface area contributed by atoms with Gasteiger partial charge in [0.1, 0.15) is 6.61 Å². The van der Waals surface area contributed by atoms with Crippen molar-refractivity contribution >= 4 is 12.1 Å². The first-order valence-electron chi connectivity index (χ1n) is 5.87. The number of alkyl carbamates (subject to hydrolysis) is 1. The highest BCUT2D eigenvalue weighted by atomic mass is 16.5. The largest absolute Gasteiger partial charge is 0.476 e. The topological polar surface area (TPSA) is 104 Å².